The smallest absolute Gasteiger partial charge is 0.306 e. The molecule has 0 heterocycles. The van der Waals surface area contributed by atoms with Gasteiger partial charge in [0, 0.05) is 19.3 Å². The second kappa shape index (κ2) is 55.7. The van der Waals surface area contributed by atoms with Crippen LogP contribution >= 0.6 is 0 Å². The number of carbonyl (C=O) groups is 3. The van der Waals surface area contributed by atoms with Crippen LogP contribution in [0.2, 0.25) is 0 Å². The molecule has 6 nitrogen and oxygen atoms in total. The SMILES string of the molecule is CCCCCCCC/C=C\C/C=C\C/C=C\CCCC(=O)OC[C@H](COC(=O)CCCCCCCCC/C=C\CCCCCCCC)OC(=O)CCCCCCC/C=C\CCCCCCCC. The van der Waals surface area contributed by atoms with E-state index in [9.17, 15) is 14.4 Å². The molecule has 6 heteroatoms. The number of unbranched alkanes of at least 4 members (excludes halogenated alkanes) is 31. The molecule has 0 aliphatic rings. The zero-order chi connectivity index (χ0) is 48.6. The van der Waals surface area contributed by atoms with Gasteiger partial charge < -0.3 is 14.2 Å². The molecule has 0 radical (unpaired) electrons. The minimum Gasteiger partial charge on any atom is -0.462 e. The van der Waals surface area contributed by atoms with Crippen LogP contribution in [0.3, 0.4) is 0 Å². The Morgan fingerprint density at radius 2 is 0.552 bits per heavy atom. The van der Waals surface area contributed by atoms with Gasteiger partial charge in [-0.15, -0.1) is 0 Å². The Morgan fingerprint density at radius 3 is 0.910 bits per heavy atom. The minimum absolute atomic E-state index is 0.0944. The van der Waals surface area contributed by atoms with Crippen molar-refractivity contribution in [2.45, 2.75) is 297 Å². The van der Waals surface area contributed by atoms with Crippen LogP contribution in [0.25, 0.3) is 0 Å². The molecule has 1 atom stereocenters. The third kappa shape index (κ3) is 53.9. The van der Waals surface area contributed by atoms with Gasteiger partial charge in [0.05, 0.1) is 0 Å². The lowest BCUT2D eigenvalue weighted by molar-refractivity contribution is -0.167. The average Bonchev–Trinajstić information content (AvgIpc) is 3.33. The molecule has 0 spiro atoms. The standard InChI is InChI=1S/C61H108O6/c1-4-7-10-13-16-19-22-25-28-30-33-35-38-41-44-47-50-53-59(62)65-56-58(67-61(64)55-52-49-46-43-40-37-32-27-24-21-18-15-12-9-6-3)57-66-60(63)54-51-48-45-42-39-36-34-31-29-26-23-20-17-14-11-8-5-2/h25-29,32-33,35,41,44,58H,4-24,30-31,34,36-40,42-43,45-57H2,1-3H3/b28-25-,29-26-,32-27-,35-33-,44-41-/t58-/m1/s1. The summed E-state index contributed by atoms with van der Waals surface area (Å²) in [5.74, 6) is -0.952. The predicted octanol–water partition coefficient (Wildman–Crippen LogP) is 19.2. The molecule has 0 saturated heterocycles. The summed E-state index contributed by atoms with van der Waals surface area (Å²) in [5.41, 5.74) is 0. The first-order chi connectivity index (χ1) is 33.0. The van der Waals surface area contributed by atoms with Gasteiger partial charge in [-0.1, -0.05) is 229 Å². The Labute approximate surface area is 415 Å². The van der Waals surface area contributed by atoms with E-state index in [1.165, 1.54) is 173 Å². The molecular formula is C61H108O6. The maximum Gasteiger partial charge on any atom is 0.306 e. The van der Waals surface area contributed by atoms with E-state index in [1.807, 2.05) is 0 Å². The van der Waals surface area contributed by atoms with Crippen LogP contribution in [0.4, 0.5) is 0 Å². The maximum atomic E-state index is 12.8. The summed E-state index contributed by atoms with van der Waals surface area (Å²) < 4.78 is 16.8. The van der Waals surface area contributed by atoms with Crippen molar-refractivity contribution >= 4 is 17.9 Å². The Morgan fingerprint density at radius 1 is 0.299 bits per heavy atom. The zero-order valence-electron chi connectivity index (χ0n) is 44.4. The number of carbonyl (C=O) groups excluding carboxylic acids is 3. The molecule has 0 fully saturated rings. The second-order valence-corrected chi connectivity index (χ2v) is 19.2. The largest absolute Gasteiger partial charge is 0.462 e. The first kappa shape index (κ1) is 64.1. The molecule has 0 aromatic rings. The highest BCUT2D eigenvalue weighted by Crippen LogP contribution is 2.15. The molecule has 0 aromatic carbocycles. The Kier molecular flexibility index (Phi) is 53.3. The fourth-order valence-corrected chi connectivity index (χ4v) is 8.10. The van der Waals surface area contributed by atoms with Gasteiger partial charge in [0.1, 0.15) is 13.2 Å². The number of esters is 3. The van der Waals surface area contributed by atoms with Crippen molar-refractivity contribution < 1.29 is 28.6 Å². The van der Waals surface area contributed by atoms with E-state index in [0.717, 1.165) is 70.6 Å². The van der Waals surface area contributed by atoms with Crippen molar-refractivity contribution in [2.24, 2.45) is 0 Å². The van der Waals surface area contributed by atoms with E-state index in [1.54, 1.807) is 0 Å². The van der Waals surface area contributed by atoms with E-state index in [-0.39, 0.29) is 37.5 Å². The van der Waals surface area contributed by atoms with E-state index in [4.69, 9.17) is 14.2 Å². The highest BCUT2D eigenvalue weighted by molar-refractivity contribution is 5.71. The predicted molar refractivity (Wildman–Crippen MR) is 288 cm³/mol. The van der Waals surface area contributed by atoms with Crippen LogP contribution < -0.4 is 0 Å². The molecule has 0 amide bonds. The van der Waals surface area contributed by atoms with Gasteiger partial charge >= 0.3 is 17.9 Å². The molecule has 0 unspecified atom stereocenters. The summed E-state index contributed by atoms with van der Waals surface area (Å²) in [6.45, 7) is 6.59. The first-order valence-electron chi connectivity index (χ1n) is 28.8. The molecule has 0 bridgehead atoms. The van der Waals surface area contributed by atoms with Crippen LogP contribution in [0.15, 0.2) is 60.8 Å². The van der Waals surface area contributed by atoms with Gasteiger partial charge in [-0.3, -0.25) is 14.4 Å². The summed E-state index contributed by atoms with van der Waals surface area (Å²) in [6, 6.07) is 0. The highest BCUT2D eigenvalue weighted by Gasteiger charge is 2.19. The number of ether oxygens (including phenoxy) is 3. The number of rotatable bonds is 52. The summed E-state index contributed by atoms with van der Waals surface area (Å²) >= 11 is 0. The topological polar surface area (TPSA) is 78.9 Å². The molecule has 0 N–H and O–H groups in total. The van der Waals surface area contributed by atoms with Crippen molar-refractivity contribution in [2.75, 3.05) is 13.2 Å². The van der Waals surface area contributed by atoms with Crippen LogP contribution in [-0.2, 0) is 28.6 Å². The third-order valence-corrected chi connectivity index (χ3v) is 12.5. The van der Waals surface area contributed by atoms with Gasteiger partial charge in [0.25, 0.3) is 0 Å². The van der Waals surface area contributed by atoms with Crippen LogP contribution in [-0.4, -0.2) is 37.2 Å². The summed E-state index contributed by atoms with van der Waals surface area (Å²) in [5, 5.41) is 0. The van der Waals surface area contributed by atoms with E-state index in [2.05, 4.69) is 81.5 Å². The van der Waals surface area contributed by atoms with Gasteiger partial charge in [-0.05, 0) is 103 Å². The van der Waals surface area contributed by atoms with E-state index >= 15 is 0 Å². The summed E-state index contributed by atoms with van der Waals surface area (Å²) in [7, 11) is 0. The number of hydrogen-bond donors (Lipinski definition) is 0. The van der Waals surface area contributed by atoms with Crippen LogP contribution in [0.1, 0.15) is 290 Å². The van der Waals surface area contributed by atoms with Crippen LogP contribution in [0.5, 0.6) is 0 Å². The fourth-order valence-electron chi connectivity index (χ4n) is 8.10. The summed E-state index contributed by atoms with van der Waals surface area (Å²) in [6.07, 6.45) is 69.3. The monoisotopic (exact) mass is 937 g/mol. The lowest BCUT2D eigenvalue weighted by Crippen LogP contribution is -2.30. The molecule has 0 saturated carbocycles. The van der Waals surface area contributed by atoms with Crippen molar-refractivity contribution in [1.29, 1.82) is 0 Å². The van der Waals surface area contributed by atoms with Crippen molar-refractivity contribution in [1.82, 2.24) is 0 Å². The third-order valence-electron chi connectivity index (χ3n) is 12.5. The lowest BCUT2D eigenvalue weighted by atomic mass is 10.1. The van der Waals surface area contributed by atoms with Gasteiger partial charge in [0.2, 0.25) is 0 Å². The van der Waals surface area contributed by atoms with Crippen molar-refractivity contribution in [3.63, 3.8) is 0 Å². The Hall–Kier alpha value is -2.89. The quantitative estimate of drug-likeness (QED) is 0.0262. The molecular weight excluding hydrogens is 829 g/mol. The maximum absolute atomic E-state index is 12.8. The Balaban J connectivity index is 4.45. The van der Waals surface area contributed by atoms with Crippen molar-refractivity contribution in [3.8, 4) is 0 Å². The highest BCUT2D eigenvalue weighted by atomic mass is 16.6. The van der Waals surface area contributed by atoms with Crippen LogP contribution in [0, 0.1) is 0 Å². The molecule has 0 rings (SSSR count). The van der Waals surface area contributed by atoms with Gasteiger partial charge in [-0.25, -0.2) is 0 Å². The second-order valence-electron chi connectivity index (χ2n) is 19.2. The molecule has 0 aliphatic heterocycles. The minimum atomic E-state index is -0.800. The normalized spacial score (nSPS) is 12.5. The summed E-state index contributed by atoms with van der Waals surface area (Å²) in [4.78, 5) is 38.1. The molecule has 0 aromatic heterocycles. The van der Waals surface area contributed by atoms with E-state index in [0.29, 0.717) is 19.3 Å². The fraction of sp³-hybridized carbons (Fsp3) is 0.787. The Bertz CT molecular complexity index is 1210. The number of allylic oxidation sites excluding steroid dienone is 10. The average molecular weight is 938 g/mol. The molecule has 67 heavy (non-hydrogen) atoms. The molecule has 0 aliphatic carbocycles. The number of hydrogen-bond acceptors (Lipinski definition) is 6. The first-order valence-corrected chi connectivity index (χ1v) is 28.8. The van der Waals surface area contributed by atoms with Crippen molar-refractivity contribution in [3.05, 3.63) is 60.8 Å². The van der Waals surface area contributed by atoms with E-state index < -0.39 is 6.10 Å². The van der Waals surface area contributed by atoms with Gasteiger partial charge in [-0.2, -0.15) is 0 Å². The van der Waals surface area contributed by atoms with Gasteiger partial charge in [0.15, 0.2) is 6.10 Å². The zero-order valence-corrected chi connectivity index (χ0v) is 44.4. The lowest BCUT2D eigenvalue weighted by Gasteiger charge is -2.18. The molecule has 388 valence electrons.